The van der Waals surface area contributed by atoms with Gasteiger partial charge in [-0.2, -0.15) is 4.68 Å². The number of hydrogen-bond acceptors (Lipinski definition) is 5. The molecule has 0 aliphatic carbocycles. The van der Waals surface area contributed by atoms with E-state index < -0.39 is 0 Å². The lowest BCUT2D eigenvalue weighted by atomic mass is 10.4. The van der Waals surface area contributed by atoms with Crippen LogP contribution in [-0.4, -0.2) is 31.0 Å². The van der Waals surface area contributed by atoms with Crippen molar-refractivity contribution in [3.05, 3.63) is 40.9 Å². The lowest BCUT2D eigenvalue weighted by molar-refractivity contribution is 0.824. The molecule has 0 aromatic carbocycles. The Hall–Kier alpha value is -2.15. The largest absolute Gasteiger partial charge is 0.283 e. The van der Waals surface area contributed by atoms with Gasteiger partial charge in [0, 0.05) is 12.4 Å². The molecule has 0 bridgehead atoms. The van der Waals surface area contributed by atoms with Gasteiger partial charge in [0.05, 0.1) is 0 Å². The molecule has 0 atom stereocenters. The Bertz CT molecular complexity index is 749. The van der Waals surface area contributed by atoms with Crippen LogP contribution in [0, 0.1) is 0 Å². The Labute approximate surface area is 106 Å². The number of rotatable bonds is 2. The van der Waals surface area contributed by atoms with Crippen molar-refractivity contribution in [1.82, 2.24) is 24.7 Å². The number of hydrogen-bond donors (Lipinski definition) is 1. The Balaban J connectivity index is 2.26. The van der Waals surface area contributed by atoms with Crippen LogP contribution in [-0.2, 0) is 0 Å². The highest BCUT2D eigenvalue weighted by atomic mass is 32.2. The monoisotopic (exact) mass is 259 g/mol. The van der Waals surface area contributed by atoms with Crippen LogP contribution < -0.4 is 5.56 Å². The second-order valence-corrected chi connectivity index (χ2v) is 4.33. The Kier molecular flexibility index (Phi) is 2.60. The van der Waals surface area contributed by atoms with Gasteiger partial charge in [0.2, 0.25) is 0 Å². The first kappa shape index (κ1) is 11.0. The third-order valence-electron chi connectivity index (χ3n) is 2.48. The summed E-state index contributed by atoms with van der Waals surface area (Å²) in [6.45, 7) is 0. The molecule has 0 spiro atoms. The fourth-order valence-electron chi connectivity index (χ4n) is 1.63. The molecular weight excluding hydrogens is 250 g/mol. The van der Waals surface area contributed by atoms with E-state index in [0.29, 0.717) is 22.0 Å². The number of nitrogens with zero attached hydrogens (tertiary/aromatic N) is 4. The predicted molar refractivity (Wildman–Crippen MR) is 69.1 cm³/mol. The SMILES string of the molecule is CSc1ncc2c(=O)n(-c3ccccn3)[nH]c2n1. The van der Waals surface area contributed by atoms with E-state index in [2.05, 4.69) is 20.1 Å². The first-order chi connectivity index (χ1) is 8.79. The van der Waals surface area contributed by atoms with Gasteiger partial charge < -0.3 is 0 Å². The highest BCUT2D eigenvalue weighted by Crippen LogP contribution is 2.12. The number of aromatic nitrogens is 5. The van der Waals surface area contributed by atoms with Gasteiger partial charge in [0.15, 0.2) is 16.6 Å². The van der Waals surface area contributed by atoms with Gasteiger partial charge in [-0.15, -0.1) is 0 Å². The second kappa shape index (κ2) is 4.26. The van der Waals surface area contributed by atoms with Crippen LogP contribution >= 0.6 is 11.8 Å². The molecule has 90 valence electrons. The number of fused-ring (bicyclic) bond motifs is 1. The molecule has 0 saturated carbocycles. The molecule has 18 heavy (non-hydrogen) atoms. The van der Waals surface area contributed by atoms with Crippen LogP contribution in [0.5, 0.6) is 0 Å². The van der Waals surface area contributed by atoms with Crippen LogP contribution in [0.2, 0.25) is 0 Å². The normalized spacial score (nSPS) is 10.9. The molecule has 3 rings (SSSR count). The van der Waals surface area contributed by atoms with E-state index in [0.717, 1.165) is 0 Å². The number of aromatic amines is 1. The van der Waals surface area contributed by atoms with Gasteiger partial charge in [-0.1, -0.05) is 17.8 Å². The van der Waals surface area contributed by atoms with Gasteiger partial charge in [0.25, 0.3) is 5.56 Å². The molecular formula is C11H9N5OS. The summed E-state index contributed by atoms with van der Waals surface area (Å²) >= 11 is 1.43. The second-order valence-electron chi connectivity index (χ2n) is 3.56. The topological polar surface area (TPSA) is 76.5 Å². The molecule has 3 aromatic heterocycles. The highest BCUT2D eigenvalue weighted by Gasteiger charge is 2.10. The average Bonchev–Trinajstić information content (AvgIpc) is 2.76. The molecule has 6 nitrogen and oxygen atoms in total. The third-order valence-corrected chi connectivity index (χ3v) is 3.04. The van der Waals surface area contributed by atoms with Crippen molar-refractivity contribution in [2.45, 2.75) is 5.16 Å². The zero-order valence-corrected chi connectivity index (χ0v) is 10.3. The van der Waals surface area contributed by atoms with Crippen LogP contribution in [0.25, 0.3) is 16.9 Å². The number of thioether (sulfide) groups is 1. The van der Waals surface area contributed by atoms with Crippen molar-refractivity contribution in [1.29, 1.82) is 0 Å². The van der Waals surface area contributed by atoms with E-state index in [1.165, 1.54) is 22.6 Å². The summed E-state index contributed by atoms with van der Waals surface area (Å²) in [5, 5.41) is 4.01. The minimum Gasteiger partial charge on any atom is -0.272 e. The van der Waals surface area contributed by atoms with E-state index in [1.807, 2.05) is 12.3 Å². The first-order valence-corrected chi connectivity index (χ1v) is 6.45. The molecule has 1 N–H and O–H groups in total. The fourth-order valence-corrected chi connectivity index (χ4v) is 1.97. The highest BCUT2D eigenvalue weighted by molar-refractivity contribution is 7.98. The minimum absolute atomic E-state index is 0.198. The van der Waals surface area contributed by atoms with Crippen molar-refractivity contribution >= 4 is 22.8 Å². The first-order valence-electron chi connectivity index (χ1n) is 5.23. The molecule has 0 radical (unpaired) electrons. The standard InChI is InChI=1S/C11H9N5OS/c1-18-11-13-6-7-9(14-11)15-16(10(7)17)8-4-2-3-5-12-8/h2-6H,1H3,(H,13,14,15). The van der Waals surface area contributed by atoms with Gasteiger partial charge in [-0.3, -0.25) is 9.89 Å². The van der Waals surface area contributed by atoms with Gasteiger partial charge in [-0.25, -0.2) is 15.0 Å². The molecule has 3 heterocycles. The van der Waals surface area contributed by atoms with Crippen LogP contribution in [0.3, 0.4) is 0 Å². The summed E-state index contributed by atoms with van der Waals surface area (Å²) in [4.78, 5) is 24.6. The third kappa shape index (κ3) is 1.68. The molecule has 7 heteroatoms. The van der Waals surface area contributed by atoms with Crippen molar-refractivity contribution in [3.8, 4) is 5.82 Å². The molecule has 0 aliphatic heterocycles. The molecule has 0 amide bonds. The number of nitrogens with one attached hydrogen (secondary N) is 1. The fraction of sp³-hybridized carbons (Fsp3) is 0.0909. The van der Waals surface area contributed by atoms with E-state index in [4.69, 9.17) is 0 Å². The molecule has 0 aliphatic rings. The van der Waals surface area contributed by atoms with E-state index in [1.54, 1.807) is 18.3 Å². The molecule has 0 unspecified atom stereocenters. The number of H-pyrrole nitrogens is 1. The maximum atomic E-state index is 12.1. The summed E-state index contributed by atoms with van der Waals surface area (Å²) in [5.41, 5.74) is 0.321. The minimum atomic E-state index is -0.198. The van der Waals surface area contributed by atoms with Crippen LogP contribution in [0.15, 0.2) is 40.5 Å². The summed E-state index contributed by atoms with van der Waals surface area (Å²) < 4.78 is 1.36. The van der Waals surface area contributed by atoms with Crippen LogP contribution in [0.4, 0.5) is 0 Å². The maximum Gasteiger partial charge on any atom is 0.283 e. The van der Waals surface area contributed by atoms with Gasteiger partial charge in [0.1, 0.15) is 5.39 Å². The average molecular weight is 259 g/mol. The summed E-state index contributed by atoms with van der Waals surface area (Å²) in [6, 6.07) is 5.36. The van der Waals surface area contributed by atoms with Crippen molar-refractivity contribution in [2.75, 3.05) is 6.26 Å². The quantitative estimate of drug-likeness (QED) is 0.553. The van der Waals surface area contributed by atoms with Crippen LogP contribution in [0.1, 0.15) is 0 Å². The van der Waals surface area contributed by atoms with E-state index in [-0.39, 0.29) is 5.56 Å². The zero-order valence-electron chi connectivity index (χ0n) is 9.49. The summed E-state index contributed by atoms with van der Waals surface area (Å²) in [7, 11) is 0. The van der Waals surface area contributed by atoms with Crippen molar-refractivity contribution in [2.24, 2.45) is 0 Å². The van der Waals surface area contributed by atoms with E-state index >= 15 is 0 Å². The van der Waals surface area contributed by atoms with Gasteiger partial charge >= 0.3 is 0 Å². The Morgan fingerprint density at radius 3 is 2.94 bits per heavy atom. The van der Waals surface area contributed by atoms with Crippen molar-refractivity contribution in [3.63, 3.8) is 0 Å². The maximum absolute atomic E-state index is 12.1. The van der Waals surface area contributed by atoms with Crippen molar-refractivity contribution < 1.29 is 0 Å². The van der Waals surface area contributed by atoms with E-state index in [9.17, 15) is 4.79 Å². The predicted octanol–water partition coefficient (Wildman–Crippen LogP) is 1.23. The Morgan fingerprint density at radius 2 is 2.22 bits per heavy atom. The van der Waals surface area contributed by atoms with Gasteiger partial charge in [-0.05, 0) is 18.4 Å². The summed E-state index contributed by atoms with van der Waals surface area (Å²) in [5.74, 6) is 0.534. The lowest BCUT2D eigenvalue weighted by Gasteiger charge is -1.97. The zero-order chi connectivity index (χ0) is 12.5. The lowest BCUT2D eigenvalue weighted by Crippen LogP contribution is -2.15. The smallest absolute Gasteiger partial charge is 0.272 e. The Morgan fingerprint density at radius 1 is 1.33 bits per heavy atom. The molecule has 0 fully saturated rings. The number of pyridine rings is 1. The summed E-state index contributed by atoms with van der Waals surface area (Å²) in [6.07, 6.45) is 5.05. The molecule has 0 saturated heterocycles. The molecule has 3 aromatic rings.